The Hall–Kier alpha value is -2.30. The number of nitrogens with zero attached hydrogens (tertiary/aromatic N) is 2. The number of hydrogen-bond donors (Lipinski definition) is 1. The molecule has 28 heavy (non-hydrogen) atoms. The summed E-state index contributed by atoms with van der Waals surface area (Å²) < 4.78 is 2.12. The second-order valence-corrected chi connectivity index (χ2v) is 9.33. The normalized spacial score (nSPS) is 22.1. The van der Waals surface area contributed by atoms with E-state index in [2.05, 4.69) is 29.5 Å². The number of amides is 1. The molecule has 4 rings (SSSR count). The molecule has 0 aromatic carbocycles. The van der Waals surface area contributed by atoms with Gasteiger partial charge in [-0.1, -0.05) is 26.7 Å². The lowest BCUT2D eigenvalue weighted by Gasteiger charge is -2.30. The Morgan fingerprint density at radius 1 is 1.21 bits per heavy atom. The molecule has 0 unspecified atom stereocenters. The Bertz CT molecular complexity index is 918. The van der Waals surface area contributed by atoms with Crippen molar-refractivity contribution in [2.24, 2.45) is 12.5 Å². The number of nitrogens with one attached hydrogen (secondary N) is 1. The molecule has 0 bridgehead atoms. The highest BCUT2D eigenvalue weighted by Crippen LogP contribution is 2.38. The number of aryl methyl sites for hydroxylation is 1. The van der Waals surface area contributed by atoms with Gasteiger partial charge in [0.25, 0.3) is 5.91 Å². The standard InChI is InChI=1S/C23H31N3O2/c1-15-20-16(13-23(2,3)14-19(20)27)24-21(15)22(28)26-12-7-5-6-9-18(26)17-10-8-11-25(17)4/h8,10-11,18,24H,5-7,9,12-14H2,1-4H3/t18-/m0/s1. The van der Waals surface area contributed by atoms with Crippen LogP contribution in [-0.2, 0) is 13.5 Å². The van der Waals surface area contributed by atoms with E-state index in [4.69, 9.17) is 0 Å². The summed E-state index contributed by atoms with van der Waals surface area (Å²) in [5, 5.41) is 0. The van der Waals surface area contributed by atoms with Crippen LogP contribution in [0.4, 0.5) is 0 Å². The molecule has 1 aliphatic carbocycles. The van der Waals surface area contributed by atoms with Gasteiger partial charge in [0.1, 0.15) is 5.69 Å². The number of carbonyl (C=O) groups excluding carboxylic acids is 2. The predicted octanol–water partition coefficient (Wildman–Crippen LogP) is 4.57. The van der Waals surface area contributed by atoms with Crippen LogP contribution < -0.4 is 0 Å². The van der Waals surface area contributed by atoms with Crippen molar-refractivity contribution in [2.75, 3.05) is 6.54 Å². The molecule has 1 atom stereocenters. The topological polar surface area (TPSA) is 58.1 Å². The smallest absolute Gasteiger partial charge is 0.271 e. The first-order valence-corrected chi connectivity index (χ1v) is 10.5. The monoisotopic (exact) mass is 381 g/mol. The van der Waals surface area contributed by atoms with E-state index in [1.807, 2.05) is 31.1 Å². The Morgan fingerprint density at radius 3 is 2.71 bits per heavy atom. The lowest BCUT2D eigenvalue weighted by atomic mass is 9.75. The van der Waals surface area contributed by atoms with Gasteiger partial charge in [0, 0.05) is 43.2 Å². The molecule has 5 heteroatoms. The minimum absolute atomic E-state index is 0.0330. The van der Waals surface area contributed by atoms with E-state index in [0.717, 1.165) is 55.5 Å². The molecule has 0 saturated carbocycles. The lowest BCUT2D eigenvalue weighted by molar-refractivity contribution is 0.0668. The predicted molar refractivity (Wildman–Crippen MR) is 110 cm³/mol. The molecule has 3 heterocycles. The van der Waals surface area contributed by atoms with Gasteiger partial charge in [-0.15, -0.1) is 0 Å². The van der Waals surface area contributed by atoms with Crippen LogP contribution in [0.2, 0.25) is 0 Å². The molecular formula is C23H31N3O2. The fraction of sp³-hybridized carbons (Fsp3) is 0.565. The zero-order valence-corrected chi connectivity index (χ0v) is 17.5. The average Bonchev–Trinajstić information content (AvgIpc) is 3.07. The van der Waals surface area contributed by atoms with Crippen molar-refractivity contribution in [1.82, 2.24) is 14.5 Å². The van der Waals surface area contributed by atoms with E-state index >= 15 is 0 Å². The van der Waals surface area contributed by atoms with Crippen molar-refractivity contribution in [3.05, 3.63) is 46.5 Å². The fourth-order valence-electron chi connectivity index (χ4n) is 5.07. The highest BCUT2D eigenvalue weighted by molar-refractivity contribution is 6.04. The Morgan fingerprint density at radius 2 is 2.00 bits per heavy atom. The molecule has 2 aromatic rings. The highest BCUT2D eigenvalue weighted by atomic mass is 16.2. The number of fused-ring (bicyclic) bond motifs is 1. The third-order valence-electron chi connectivity index (χ3n) is 6.45. The van der Waals surface area contributed by atoms with Crippen LogP contribution in [0, 0.1) is 12.3 Å². The van der Waals surface area contributed by atoms with Gasteiger partial charge in [0.2, 0.25) is 0 Å². The SMILES string of the molecule is Cc1c(C(=O)N2CCCCC[C@H]2c2cccn2C)[nH]c2c1C(=O)CC(C)(C)C2. The molecule has 5 nitrogen and oxygen atoms in total. The van der Waals surface area contributed by atoms with Crippen LogP contribution in [0.25, 0.3) is 0 Å². The van der Waals surface area contributed by atoms with Gasteiger partial charge < -0.3 is 14.5 Å². The number of H-pyrrole nitrogens is 1. The second kappa shape index (κ2) is 6.94. The summed E-state index contributed by atoms with van der Waals surface area (Å²) in [6.45, 7) is 6.92. The molecule has 0 spiro atoms. The van der Waals surface area contributed by atoms with Gasteiger partial charge in [-0.2, -0.15) is 0 Å². The molecule has 1 fully saturated rings. The van der Waals surface area contributed by atoms with Crippen molar-refractivity contribution in [3.8, 4) is 0 Å². The van der Waals surface area contributed by atoms with Crippen molar-refractivity contribution >= 4 is 11.7 Å². The maximum absolute atomic E-state index is 13.7. The lowest BCUT2D eigenvalue weighted by Crippen LogP contribution is -2.36. The summed E-state index contributed by atoms with van der Waals surface area (Å²) in [6.07, 6.45) is 7.69. The Labute approximate surface area is 167 Å². The van der Waals surface area contributed by atoms with Gasteiger partial charge >= 0.3 is 0 Å². The van der Waals surface area contributed by atoms with E-state index in [1.165, 1.54) is 5.69 Å². The van der Waals surface area contributed by atoms with Crippen molar-refractivity contribution in [3.63, 3.8) is 0 Å². The van der Waals surface area contributed by atoms with Gasteiger partial charge in [0.05, 0.1) is 6.04 Å². The summed E-state index contributed by atoms with van der Waals surface area (Å²) in [4.78, 5) is 31.8. The van der Waals surface area contributed by atoms with Crippen LogP contribution in [0.3, 0.4) is 0 Å². The maximum Gasteiger partial charge on any atom is 0.271 e. The minimum Gasteiger partial charge on any atom is -0.354 e. The number of hydrogen-bond acceptors (Lipinski definition) is 2. The number of aromatic amines is 1. The molecule has 2 aromatic heterocycles. The van der Waals surface area contributed by atoms with E-state index in [-0.39, 0.29) is 23.1 Å². The summed E-state index contributed by atoms with van der Waals surface area (Å²) >= 11 is 0. The van der Waals surface area contributed by atoms with Crippen molar-refractivity contribution in [2.45, 2.75) is 65.3 Å². The Balaban J connectivity index is 1.72. The van der Waals surface area contributed by atoms with Gasteiger partial charge in [-0.3, -0.25) is 9.59 Å². The van der Waals surface area contributed by atoms with Crippen LogP contribution in [-0.4, -0.2) is 32.7 Å². The summed E-state index contributed by atoms with van der Waals surface area (Å²) in [6, 6.07) is 4.25. The molecule has 2 aliphatic rings. The maximum atomic E-state index is 13.7. The molecular weight excluding hydrogens is 350 g/mol. The minimum atomic E-state index is -0.0596. The molecule has 150 valence electrons. The van der Waals surface area contributed by atoms with Crippen LogP contribution in [0.1, 0.15) is 89.8 Å². The zero-order chi connectivity index (χ0) is 20.1. The van der Waals surface area contributed by atoms with E-state index in [0.29, 0.717) is 12.1 Å². The van der Waals surface area contributed by atoms with Crippen LogP contribution >= 0.6 is 0 Å². The largest absolute Gasteiger partial charge is 0.354 e. The quantitative estimate of drug-likeness (QED) is 0.828. The fourth-order valence-corrected chi connectivity index (χ4v) is 5.07. The number of rotatable bonds is 2. The number of ketones is 1. The summed E-state index contributed by atoms with van der Waals surface area (Å²) in [5.41, 5.74) is 4.25. The summed E-state index contributed by atoms with van der Waals surface area (Å²) in [5.74, 6) is 0.194. The average molecular weight is 382 g/mol. The van der Waals surface area contributed by atoms with E-state index in [1.54, 1.807) is 0 Å². The first-order valence-electron chi connectivity index (χ1n) is 10.5. The van der Waals surface area contributed by atoms with Gasteiger partial charge in [0.15, 0.2) is 5.78 Å². The zero-order valence-electron chi connectivity index (χ0n) is 17.5. The molecule has 0 radical (unpaired) electrons. The third-order valence-corrected chi connectivity index (χ3v) is 6.45. The number of carbonyl (C=O) groups is 2. The summed E-state index contributed by atoms with van der Waals surface area (Å²) in [7, 11) is 2.04. The molecule has 1 aliphatic heterocycles. The number of likely N-dealkylation sites (tertiary alicyclic amines) is 1. The molecule has 1 N–H and O–H groups in total. The van der Waals surface area contributed by atoms with Gasteiger partial charge in [-0.05, 0) is 49.3 Å². The Kier molecular flexibility index (Phi) is 4.72. The first kappa shape index (κ1) is 19.0. The number of Topliss-reactive ketones (excluding diaryl/α,β-unsaturated/α-hetero) is 1. The molecule has 1 saturated heterocycles. The number of aromatic nitrogens is 2. The third kappa shape index (κ3) is 3.21. The van der Waals surface area contributed by atoms with E-state index < -0.39 is 0 Å². The highest BCUT2D eigenvalue weighted by Gasteiger charge is 2.37. The first-order chi connectivity index (χ1) is 13.3. The van der Waals surface area contributed by atoms with Crippen LogP contribution in [0.5, 0.6) is 0 Å². The molecule has 1 amide bonds. The van der Waals surface area contributed by atoms with Crippen molar-refractivity contribution in [1.29, 1.82) is 0 Å². The van der Waals surface area contributed by atoms with Gasteiger partial charge in [-0.25, -0.2) is 0 Å². The van der Waals surface area contributed by atoms with Crippen molar-refractivity contribution < 1.29 is 9.59 Å². The van der Waals surface area contributed by atoms with Crippen LogP contribution in [0.15, 0.2) is 18.3 Å². The van der Waals surface area contributed by atoms with E-state index in [9.17, 15) is 9.59 Å². The second-order valence-electron chi connectivity index (χ2n) is 9.33.